The van der Waals surface area contributed by atoms with E-state index in [1.54, 1.807) is 12.1 Å². The van der Waals surface area contributed by atoms with Crippen LogP contribution in [0, 0.1) is 11.2 Å². The molecule has 5 rings (SSSR count). The van der Waals surface area contributed by atoms with Gasteiger partial charge < -0.3 is 10.8 Å². The van der Waals surface area contributed by atoms with Crippen LogP contribution in [0.5, 0.6) is 0 Å². The topological polar surface area (TPSA) is 64.1 Å². The van der Waals surface area contributed by atoms with Crippen molar-refractivity contribution in [3.05, 3.63) is 88.5 Å². The Bertz CT molecular complexity index is 1150. The SMILES string of the molecule is CC12Cc3cnn(-c4ccc(F)cc4)c3C=C1CC[C@@]2(O)CCc1ccccc1CN. The van der Waals surface area contributed by atoms with E-state index >= 15 is 0 Å². The molecule has 1 aromatic heterocycles. The van der Waals surface area contributed by atoms with Crippen LogP contribution in [-0.2, 0) is 19.4 Å². The fourth-order valence-electron chi connectivity index (χ4n) is 5.46. The number of aryl methyl sites for hydroxylation is 1. The van der Waals surface area contributed by atoms with Gasteiger partial charge in [-0.3, -0.25) is 0 Å². The zero-order chi connectivity index (χ0) is 21.6. The fourth-order valence-corrected chi connectivity index (χ4v) is 5.46. The summed E-state index contributed by atoms with van der Waals surface area (Å²) < 4.78 is 15.2. The Balaban J connectivity index is 1.44. The van der Waals surface area contributed by atoms with Crippen molar-refractivity contribution in [1.29, 1.82) is 0 Å². The van der Waals surface area contributed by atoms with E-state index in [4.69, 9.17) is 5.73 Å². The van der Waals surface area contributed by atoms with Crippen LogP contribution in [0.1, 0.15) is 48.6 Å². The number of aliphatic hydroxyl groups is 1. The van der Waals surface area contributed by atoms with Gasteiger partial charge >= 0.3 is 0 Å². The number of fused-ring (bicyclic) bond motifs is 2. The van der Waals surface area contributed by atoms with Gasteiger partial charge in [-0.05, 0) is 79.1 Å². The van der Waals surface area contributed by atoms with Crippen LogP contribution < -0.4 is 5.73 Å². The quantitative estimate of drug-likeness (QED) is 0.639. The molecule has 0 aliphatic heterocycles. The second kappa shape index (κ2) is 7.43. The van der Waals surface area contributed by atoms with Gasteiger partial charge in [0.15, 0.2) is 0 Å². The number of rotatable bonds is 5. The number of hydrogen-bond donors (Lipinski definition) is 2. The van der Waals surface area contributed by atoms with Crippen LogP contribution in [0.15, 0.2) is 60.3 Å². The largest absolute Gasteiger partial charge is 0.389 e. The summed E-state index contributed by atoms with van der Waals surface area (Å²) in [6, 6.07) is 14.6. The van der Waals surface area contributed by atoms with E-state index < -0.39 is 5.60 Å². The molecule has 3 aromatic rings. The molecule has 31 heavy (non-hydrogen) atoms. The van der Waals surface area contributed by atoms with Crippen LogP contribution in [-0.4, -0.2) is 20.5 Å². The highest BCUT2D eigenvalue weighted by molar-refractivity contribution is 5.62. The van der Waals surface area contributed by atoms with Crippen LogP contribution in [0.2, 0.25) is 0 Å². The van der Waals surface area contributed by atoms with Crippen LogP contribution in [0.3, 0.4) is 0 Å². The molecule has 3 N–H and O–H groups in total. The molecule has 1 heterocycles. The molecule has 0 saturated heterocycles. The highest BCUT2D eigenvalue weighted by atomic mass is 19.1. The minimum atomic E-state index is -0.768. The van der Waals surface area contributed by atoms with Gasteiger partial charge in [-0.25, -0.2) is 9.07 Å². The summed E-state index contributed by atoms with van der Waals surface area (Å²) in [6.45, 7) is 2.71. The van der Waals surface area contributed by atoms with Crippen molar-refractivity contribution in [1.82, 2.24) is 9.78 Å². The predicted octanol–water partition coefficient (Wildman–Crippen LogP) is 4.57. The Labute approximate surface area is 182 Å². The van der Waals surface area contributed by atoms with Crippen molar-refractivity contribution in [2.75, 3.05) is 0 Å². The number of nitrogens with zero attached hydrogens (tertiary/aromatic N) is 2. The van der Waals surface area contributed by atoms with Gasteiger partial charge in [0.1, 0.15) is 5.82 Å². The molecule has 0 bridgehead atoms. The van der Waals surface area contributed by atoms with Crippen molar-refractivity contribution < 1.29 is 9.50 Å². The van der Waals surface area contributed by atoms with Gasteiger partial charge in [0.25, 0.3) is 0 Å². The van der Waals surface area contributed by atoms with E-state index in [1.807, 2.05) is 23.0 Å². The summed E-state index contributed by atoms with van der Waals surface area (Å²) in [7, 11) is 0. The van der Waals surface area contributed by atoms with Crippen LogP contribution >= 0.6 is 0 Å². The second-order valence-electron chi connectivity index (χ2n) is 9.13. The van der Waals surface area contributed by atoms with E-state index in [2.05, 4.69) is 30.2 Å². The minimum Gasteiger partial charge on any atom is -0.389 e. The molecule has 1 unspecified atom stereocenters. The molecule has 0 spiro atoms. The molecular formula is C26H28FN3O. The Morgan fingerprint density at radius 1 is 1.13 bits per heavy atom. The van der Waals surface area contributed by atoms with Crippen molar-refractivity contribution in [2.24, 2.45) is 11.1 Å². The molecule has 1 fully saturated rings. The fraction of sp³-hybridized carbons (Fsp3) is 0.346. The lowest BCUT2D eigenvalue weighted by Gasteiger charge is -2.42. The molecule has 160 valence electrons. The highest BCUT2D eigenvalue weighted by Gasteiger charge is 2.54. The molecule has 4 nitrogen and oxygen atoms in total. The molecule has 0 radical (unpaired) electrons. The zero-order valence-electron chi connectivity index (χ0n) is 17.8. The summed E-state index contributed by atoms with van der Waals surface area (Å²) in [6.07, 6.45) is 7.99. The molecular weight excluding hydrogens is 389 g/mol. The maximum Gasteiger partial charge on any atom is 0.123 e. The minimum absolute atomic E-state index is 0.257. The standard InChI is InChI=1S/C26H28FN3O/c1-25-15-20-17-29-30(23-8-6-22(27)7-9-23)24(20)14-21(25)11-13-26(25,31)12-10-18-4-2-3-5-19(18)16-28/h2-9,14,17,31H,10-13,15-16,28H2,1H3/t25?,26-/m0/s1. The van der Waals surface area contributed by atoms with Crippen molar-refractivity contribution in [3.63, 3.8) is 0 Å². The molecule has 1 saturated carbocycles. The first-order chi connectivity index (χ1) is 14.9. The molecule has 0 amide bonds. The Morgan fingerprint density at radius 3 is 2.61 bits per heavy atom. The predicted molar refractivity (Wildman–Crippen MR) is 120 cm³/mol. The van der Waals surface area contributed by atoms with E-state index in [0.29, 0.717) is 13.0 Å². The van der Waals surface area contributed by atoms with Crippen LogP contribution in [0.4, 0.5) is 4.39 Å². The average Bonchev–Trinajstić information content (AvgIpc) is 3.29. The second-order valence-corrected chi connectivity index (χ2v) is 9.13. The number of hydrogen-bond acceptors (Lipinski definition) is 3. The van der Waals surface area contributed by atoms with Crippen LogP contribution in [0.25, 0.3) is 11.8 Å². The van der Waals surface area contributed by atoms with Crippen molar-refractivity contribution in [3.8, 4) is 5.69 Å². The van der Waals surface area contributed by atoms with E-state index in [1.165, 1.54) is 23.3 Å². The summed E-state index contributed by atoms with van der Waals surface area (Å²) in [5, 5.41) is 16.4. The normalized spacial score (nSPS) is 24.6. The third-order valence-corrected chi connectivity index (χ3v) is 7.50. The Morgan fingerprint density at radius 2 is 1.87 bits per heavy atom. The summed E-state index contributed by atoms with van der Waals surface area (Å²) in [5.41, 5.74) is 11.5. The lowest BCUT2D eigenvalue weighted by atomic mass is 9.65. The Hall–Kier alpha value is -2.76. The van der Waals surface area contributed by atoms with E-state index in [-0.39, 0.29) is 11.2 Å². The first kappa shape index (κ1) is 20.2. The van der Waals surface area contributed by atoms with Gasteiger partial charge in [0.2, 0.25) is 0 Å². The van der Waals surface area contributed by atoms with E-state index in [0.717, 1.165) is 48.2 Å². The highest BCUT2D eigenvalue weighted by Crippen LogP contribution is 2.56. The first-order valence-electron chi connectivity index (χ1n) is 11.0. The smallest absolute Gasteiger partial charge is 0.123 e. The zero-order valence-corrected chi connectivity index (χ0v) is 17.8. The van der Waals surface area contributed by atoms with Gasteiger partial charge in [-0.2, -0.15) is 5.10 Å². The third-order valence-electron chi connectivity index (χ3n) is 7.50. The van der Waals surface area contributed by atoms with Crippen molar-refractivity contribution in [2.45, 2.75) is 51.2 Å². The molecule has 5 heteroatoms. The van der Waals surface area contributed by atoms with E-state index in [9.17, 15) is 9.50 Å². The lowest BCUT2D eigenvalue weighted by molar-refractivity contribution is -0.0461. The van der Waals surface area contributed by atoms with Gasteiger partial charge in [-0.1, -0.05) is 36.8 Å². The van der Waals surface area contributed by atoms with Crippen molar-refractivity contribution >= 4 is 6.08 Å². The number of halogens is 1. The summed E-state index contributed by atoms with van der Waals surface area (Å²) >= 11 is 0. The average molecular weight is 418 g/mol. The first-order valence-corrected chi connectivity index (χ1v) is 11.0. The lowest BCUT2D eigenvalue weighted by Crippen LogP contribution is -2.45. The molecule has 2 aromatic carbocycles. The molecule has 2 atom stereocenters. The number of nitrogens with two attached hydrogens (primary N) is 1. The van der Waals surface area contributed by atoms with Gasteiger partial charge in [0, 0.05) is 12.0 Å². The summed E-state index contributed by atoms with van der Waals surface area (Å²) in [5.74, 6) is -0.257. The Kier molecular flexibility index (Phi) is 4.83. The molecule has 2 aliphatic carbocycles. The maximum atomic E-state index is 13.3. The third kappa shape index (κ3) is 3.24. The summed E-state index contributed by atoms with van der Waals surface area (Å²) in [4.78, 5) is 0. The maximum absolute atomic E-state index is 13.3. The van der Waals surface area contributed by atoms with Gasteiger partial charge in [-0.15, -0.1) is 0 Å². The van der Waals surface area contributed by atoms with Gasteiger partial charge in [0.05, 0.1) is 23.2 Å². The molecule has 2 aliphatic rings. The number of aromatic nitrogens is 2. The monoisotopic (exact) mass is 417 g/mol. The number of benzene rings is 2.